The van der Waals surface area contributed by atoms with Gasteiger partial charge >= 0.3 is 5.69 Å². The van der Waals surface area contributed by atoms with Crippen molar-refractivity contribution >= 4 is 22.4 Å². The number of hydrogen-bond donors (Lipinski definition) is 1. The number of nitrogens with zero attached hydrogens (tertiary/aromatic N) is 4. The molecule has 0 saturated heterocycles. The lowest BCUT2D eigenvalue weighted by Gasteiger charge is -2.30. The smallest absolute Gasteiger partial charge is 0.300 e. The number of non-ortho nitro benzene ring substituents is 1. The Kier molecular flexibility index (Phi) is 3.58. The van der Waals surface area contributed by atoms with Crippen molar-refractivity contribution < 1.29 is 9.55 Å². The summed E-state index contributed by atoms with van der Waals surface area (Å²) in [5, 5.41) is 18.3. The molecule has 0 aliphatic rings. The van der Waals surface area contributed by atoms with Crippen LogP contribution in [0.15, 0.2) is 16.8 Å². The van der Waals surface area contributed by atoms with Crippen LogP contribution in [0.3, 0.4) is 0 Å². The van der Waals surface area contributed by atoms with Crippen LogP contribution in [0.1, 0.15) is 13.8 Å². The van der Waals surface area contributed by atoms with E-state index in [-0.39, 0.29) is 16.6 Å². The minimum Gasteiger partial charge on any atom is -0.372 e. The number of hydrogen-bond acceptors (Lipinski definition) is 7. The summed E-state index contributed by atoms with van der Waals surface area (Å²) in [6.45, 7) is 5.31. The predicted octanol–water partition coefficient (Wildman–Crippen LogP) is 1.55. The summed E-state index contributed by atoms with van der Waals surface area (Å²) in [6.07, 6.45) is 0. The Labute approximate surface area is 115 Å². The molecule has 0 atom stereocenters. The molecule has 2 rings (SSSR count). The van der Waals surface area contributed by atoms with Crippen LogP contribution in [0.2, 0.25) is 0 Å². The molecule has 0 saturated carbocycles. The number of anilines is 1. The second-order valence-electron chi connectivity index (χ2n) is 5.55. The Balaban J connectivity index is 2.43. The van der Waals surface area contributed by atoms with Crippen molar-refractivity contribution in [3.63, 3.8) is 0 Å². The second kappa shape index (κ2) is 5.04. The maximum absolute atomic E-state index is 10.9. The van der Waals surface area contributed by atoms with Crippen molar-refractivity contribution in [1.29, 1.82) is 0 Å². The van der Waals surface area contributed by atoms with E-state index in [1.807, 2.05) is 25.8 Å². The van der Waals surface area contributed by atoms with Crippen molar-refractivity contribution in [2.75, 3.05) is 25.0 Å². The van der Waals surface area contributed by atoms with E-state index in [2.05, 4.69) is 14.9 Å². The van der Waals surface area contributed by atoms with E-state index < -0.39 is 4.92 Å². The zero-order chi connectivity index (χ0) is 14.9. The molecule has 0 spiro atoms. The fraction of sp³-hybridized carbons (Fsp3) is 0.500. The van der Waals surface area contributed by atoms with Crippen molar-refractivity contribution in [1.82, 2.24) is 10.3 Å². The van der Waals surface area contributed by atoms with Crippen LogP contribution < -0.4 is 10.6 Å². The number of nitro benzene ring substituents is 1. The van der Waals surface area contributed by atoms with Gasteiger partial charge < -0.3 is 10.6 Å². The molecule has 8 heteroatoms. The molecule has 1 heterocycles. The Hall–Kier alpha value is -2.22. The van der Waals surface area contributed by atoms with Gasteiger partial charge in [-0.25, -0.2) is 4.63 Å². The summed E-state index contributed by atoms with van der Waals surface area (Å²) in [5.41, 5.74) is 6.80. The first-order valence-electron chi connectivity index (χ1n) is 6.16. The van der Waals surface area contributed by atoms with E-state index in [1.54, 1.807) is 6.07 Å². The Bertz CT molecular complexity index is 637. The average Bonchev–Trinajstić information content (AvgIpc) is 2.85. The van der Waals surface area contributed by atoms with Crippen LogP contribution >= 0.6 is 0 Å². The molecule has 0 radical (unpaired) electrons. The van der Waals surface area contributed by atoms with Gasteiger partial charge in [0.1, 0.15) is 0 Å². The first-order chi connectivity index (χ1) is 9.35. The van der Waals surface area contributed by atoms with Gasteiger partial charge in [0.25, 0.3) is 0 Å². The fourth-order valence-corrected chi connectivity index (χ4v) is 2.09. The fourth-order valence-electron chi connectivity index (χ4n) is 2.09. The van der Waals surface area contributed by atoms with Crippen LogP contribution in [0.4, 0.5) is 11.4 Å². The molecule has 0 unspecified atom stereocenters. The average molecular weight is 279 g/mol. The molecule has 0 aliphatic heterocycles. The van der Waals surface area contributed by atoms with Gasteiger partial charge in [-0.1, -0.05) is 13.8 Å². The summed E-state index contributed by atoms with van der Waals surface area (Å²) in [6, 6.07) is 3.06. The lowest BCUT2D eigenvalue weighted by Crippen LogP contribution is -2.36. The third kappa shape index (κ3) is 2.55. The topological polar surface area (TPSA) is 111 Å². The highest BCUT2D eigenvalue weighted by molar-refractivity contribution is 5.93. The molecule has 8 nitrogen and oxygen atoms in total. The molecular weight excluding hydrogens is 262 g/mol. The zero-order valence-corrected chi connectivity index (χ0v) is 11.7. The molecule has 2 N–H and O–H groups in total. The first-order valence-corrected chi connectivity index (χ1v) is 6.16. The molecule has 0 aliphatic carbocycles. The largest absolute Gasteiger partial charge is 0.372 e. The van der Waals surface area contributed by atoms with Gasteiger partial charge in [0.15, 0.2) is 5.52 Å². The van der Waals surface area contributed by atoms with E-state index in [4.69, 9.17) is 5.73 Å². The van der Waals surface area contributed by atoms with Crippen LogP contribution in [0, 0.1) is 15.5 Å². The highest BCUT2D eigenvalue weighted by Crippen LogP contribution is 2.31. The van der Waals surface area contributed by atoms with Crippen LogP contribution in [-0.4, -0.2) is 35.4 Å². The zero-order valence-electron chi connectivity index (χ0n) is 11.7. The molecule has 0 bridgehead atoms. The Morgan fingerprint density at radius 2 is 2.05 bits per heavy atom. The third-order valence-electron chi connectivity index (χ3n) is 3.20. The molecule has 108 valence electrons. The maximum atomic E-state index is 10.9. The summed E-state index contributed by atoms with van der Waals surface area (Å²) < 4.78 is 4.65. The Morgan fingerprint density at radius 3 is 2.65 bits per heavy atom. The number of nitrogens with two attached hydrogens (primary N) is 1. The highest BCUT2D eigenvalue weighted by atomic mass is 16.6. The second-order valence-corrected chi connectivity index (χ2v) is 5.55. The normalized spacial score (nSPS) is 11.8. The number of fused-ring (bicyclic) bond motifs is 1. The number of nitro groups is 1. The minimum absolute atomic E-state index is 0.0833. The van der Waals surface area contributed by atoms with E-state index in [0.717, 1.165) is 5.69 Å². The summed E-state index contributed by atoms with van der Waals surface area (Å²) in [7, 11) is 1.88. The first kappa shape index (κ1) is 14.2. The van der Waals surface area contributed by atoms with Crippen LogP contribution in [0.25, 0.3) is 11.0 Å². The molecular formula is C12H17N5O3. The molecule has 1 aromatic carbocycles. The van der Waals surface area contributed by atoms with Gasteiger partial charge in [-0.3, -0.25) is 10.1 Å². The molecule has 0 amide bonds. The highest BCUT2D eigenvalue weighted by Gasteiger charge is 2.24. The lowest BCUT2D eigenvalue weighted by atomic mass is 9.93. The quantitative estimate of drug-likeness (QED) is 0.652. The van der Waals surface area contributed by atoms with Gasteiger partial charge in [0.2, 0.25) is 5.52 Å². The van der Waals surface area contributed by atoms with Crippen molar-refractivity contribution in [2.24, 2.45) is 11.1 Å². The number of benzene rings is 1. The van der Waals surface area contributed by atoms with Crippen molar-refractivity contribution in [3.8, 4) is 0 Å². The van der Waals surface area contributed by atoms with E-state index in [9.17, 15) is 10.1 Å². The van der Waals surface area contributed by atoms with E-state index in [0.29, 0.717) is 18.6 Å². The van der Waals surface area contributed by atoms with Crippen molar-refractivity contribution in [2.45, 2.75) is 13.8 Å². The van der Waals surface area contributed by atoms with E-state index >= 15 is 0 Å². The van der Waals surface area contributed by atoms with Crippen molar-refractivity contribution in [3.05, 3.63) is 22.2 Å². The SMILES string of the molecule is CN(CC(C)(C)CN)c1ccc([N+](=O)[O-])c2nonc12. The molecule has 0 fully saturated rings. The van der Waals surface area contributed by atoms with Crippen LogP contribution in [-0.2, 0) is 0 Å². The summed E-state index contributed by atoms with van der Waals surface area (Å²) in [4.78, 5) is 12.4. The summed E-state index contributed by atoms with van der Waals surface area (Å²) in [5.74, 6) is 0. The number of rotatable bonds is 5. The Morgan fingerprint density at radius 1 is 1.40 bits per heavy atom. The standard InChI is InChI=1S/C12H17N5O3/c1-12(2,6-13)7-16(3)8-4-5-9(17(18)19)11-10(8)14-20-15-11/h4-5H,6-7,13H2,1-3H3. The molecule has 20 heavy (non-hydrogen) atoms. The van der Waals surface area contributed by atoms with E-state index in [1.165, 1.54) is 6.07 Å². The number of aromatic nitrogens is 2. The van der Waals surface area contributed by atoms with Crippen LogP contribution in [0.5, 0.6) is 0 Å². The minimum atomic E-state index is -0.500. The predicted molar refractivity (Wildman–Crippen MR) is 74.6 cm³/mol. The van der Waals surface area contributed by atoms with Gasteiger partial charge in [-0.2, -0.15) is 0 Å². The lowest BCUT2D eigenvalue weighted by molar-refractivity contribution is -0.383. The van der Waals surface area contributed by atoms with Gasteiger partial charge in [-0.05, 0) is 28.3 Å². The van der Waals surface area contributed by atoms with Gasteiger partial charge in [0.05, 0.1) is 10.6 Å². The molecule has 1 aromatic heterocycles. The summed E-state index contributed by atoms with van der Waals surface area (Å²) >= 11 is 0. The van der Waals surface area contributed by atoms with Gasteiger partial charge in [0, 0.05) is 19.7 Å². The monoisotopic (exact) mass is 279 g/mol. The maximum Gasteiger partial charge on any atom is 0.300 e. The third-order valence-corrected chi connectivity index (χ3v) is 3.20. The van der Waals surface area contributed by atoms with Gasteiger partial charge in [-0.15, -0.1) is 0 Å². The molecule has 2 aromatic rings.